The molecular weight excluding hydrogens is 352 g/mol. The maximum absolute atomic E-state index is 12.4. The van der Waals surface area contributed by atoms with Crippen molar-refractivity contribution in [2.45, 2.75) is 44.8 Å². The van der Waals surface area contributed by atoms with Crippen LogP contribution in [0.15, 0.2) is 18.2 Å². The average Bonchev–Trinajstić information content (AvgIpc) is 2.60. The number of rotatable bonds is 7. The van der Waals surface area contributed by atoms with Gasteiger partial charge in [-0.25, -0.2) is 4.79 Å². The number of carbonyl (C=O) groups is 1. The Morgan fingerprint density at radius 2 is 1.96 bits per heavy atom. The molecule has 1 aromatic rings. The molecule has 9 heteroatoms. The Balaban J connectivity index is 2.20. The van der Waals surface area contributed by atoms with Crippen LogP contribution >= 0.6 is 0 Å². The third-order valence-corrected chi connectivity index (χ3v) is 3.96. The van der Waals surface area contributed by atoms with E-state index in [9.17, 15) is 23.7 Å². The number of halogens is 2. The van der Waals surface area contributed by atoms with Gasteiger partial charge in [0.25, 0.3) is 5.69 Å². The van der Waals surface area contributed by atoms with Crippen LogP contribution in [0.5, 0.6) is 11.5 Å². The van der Waals surface area contributed by atoms with Gasteiger partial charge in [-0.1, -0.05) is 6.42 Å². The van der Waals surface area contributed by atoms with E-state index in [2.05, 4.69) is 4.74 Å². The largest absolute Gasteiger partial charge is 0.493 e. The molecule has 0 spiro atoms. The lowest BCUT2D eigenvalue weighted by atomic mass is 9.98. The van der Waals surface area contributed by atoms with Gasteiger partial charge in [0.2, 0.25) is 0 Å². The number of ether oxygens (including phenoxy) is 3. The highest BCUT2D eigenvalue weighted by atomic mass is 19.3. The Morgan fingerprint density at radius 3 is 2.54 bits per heavy atom. The molecule has 0 bridgehead atoms. The zero-order chi connectivity index (χ0) is 19.1. The van der Waals surface area contributed by atoms with Gasteiger partial charge in [-0.05, 0) is 37.8 Å². The Hall–Kier alpha value is -2.71. The Kier molecular flexibility index (Phi) is 6.88. The molecule has 0 saturated heterocycles. The number of esters is 1. The van der Waals surface area contributed by atoms with E-state index in [1.807, 2.05) is 0 Å². The molecule has 1 fully saturated rings. The van der Waals surface area contributed by atoms with Crippen LogP contribution < -0.4 is 9.47 Å². The predicted molar refractivity (Wildman–Crippen MR) is 88.3 cm³/mol. The SMILES string of the molecule is COc1cc(/C=C/C(=O)OC2CCCCC2)c([N+](=O)[O-])cc1OC(F)F. The van der Waals surface area contributed by atoms with Crippen LogP contribution in [-0.2, 0) is 9.53 Å². The van der Waals surface area contributed by atoms with Gasteiger partial charge < -0.3 is 14.2 Å². The number of nitro groups is 1. The summed E-state index contributed by atoms with van der Waals surface area (Å²) in [7, 11) is 1.21. The Labute approximate surface area is 148 Å². The first-order chi connectivity index (χ1) is 12.4. The summed E-state index contributed by atoms with van der Waals surface area (Å²) in [6, 6.07) is 1.98. The molecule has 0 amide bonds. The minimum atomic E-state index is -3.16. The molecule has 1 aromatic carbocycles. The van der Waals surface area contributed by atoms with Crippen LogP contribution in [-0.4, -0.2) is 30.7 Å². The maximum atomic E-state index is 12.4. The minimum absolute atomic E-state index is 0.00839. The maximum Gasteiger partial charge on any atom is 0.387 e. The molecule has 0 radical (unpaired) electrons. The molecule has 1 aliphatic rings. The minimum Gasteiger partial charge on any atom is -0.493 e. The summed E-state index contributed by atoms with van der Waals surface area (Å²) >= 11 is 0. The molecule has 0 heterocycles. The summed E-state index contributed by atoms with van der Waals surface area (Å²) in [5, 5.41) is 11.2. The highest BCUT2D eigenvalue weighted by Crippen LogP contribution is 2.36. The van der Waals surface area contributed by atoms with E-state index in [0.717, 1.165) is 50.3 Å². The highest BCUT2D eigenvalue weighted by Gasteiger charge is 2.21. The lowest BCUT2D eigenvalue weighted by molar-refractivity contribution is -0.385. The molecule has 0 unspecified atom stereocenters. The highest BCUT2D eigenvalue weighted by molar-refractivity contribution is 5.88. The van der Waals surface area contributed by atoms with Crippen LogP contribution in [0.3, 0.4) is 0 Å². The van der Waals surface area contributed by atoms with Gasteiger partial charge >= 0.3 is 12.6 Å². The molecular formula is C17H19F2NO6. The fourth-order valence-corrected chi connectivity index (χ4v) is 2.75. The summed E-state index contributed by atoms with van der Waals surface area (Å²) in [5.41, 5.74) is -0.489. The number of hydrogen-bond acceptors (Lipinski definition) is 6. The van der Waals surface area contributed by atoms with Crippen LogP contribution in [0.2, 0.25) is 0 Å². The van der Waals surface area contributed by atoms with Crippen molar-refractivity contribution in [1.29, 1.82) is 0 Å². The molecule has 142 valence electrons. The van der Waals surface area contributed by atoms with E-state index < -0.39 is 28.9 Å². The lowest BCUT2D eigenvalue weighted by Crippen LogP contribution is -2.19. The number of hydrogen-bond donors (Lipinski definition) is 0. The fraction of sp³-hybridized carbons (Fsp3) is 0.471. The van der Waals surface area contributed by atoms with Crippen LogP contribution in [0.25, 0.3) is 6.08 Å². The first-order valence-corrected chi connectivity index (χ1v) is 8.10. The van der Waals surface area contributed by atoms with Crippen LogP contribution in [0.4, 0.5) is 14.5 Å². The van der Waals surface area contributed by atoms with Crippen molar-refractivity contribution < 1.29 is 32.7 Å². The van der Waals surface area contributed by atoms with Gasteiger partial charge in [0.15, 0.2) is 11.5 Å². The number of alkyl halides is 2. The average molecular weight is 371 g/mol. The van der Waals surface area contributed by atoms with Crippen molar-refractivity contribution in [3.05, 3.63) is 33.9 Å². The second-order valence-electron chi connectivity index (χ2n) is 5.73. The van der Waals surface area contributed by atoms with Gasteiger partial charge in [0, 0.05) is 6.08 Å². The van der Waals surface area contributed by atoms with Crippen molar-refractivity contribution in [1.82, 2.24) is 0 Å². The van der Waals surface area contributed by atoms with Crippen molar-refractivity contribution in [3.8, 4) is 11.5 Å². The summed E-state index contributed by atoms with van der Waals surface area (Å²) < 4.78 is 39.3. The van der Waals surface area contributed by atoms with Crippen molar-refractivity contribution in [3.63, 3.8) is 0 Å². The molecule has 0 aromatic heterocycles. The van der Waals surface area contributed by atoms with Gasteiger partial charge in [0.1, 0.15) is 6.10 Å². The third-order valence-electron chi connectivity index (χ3n) is 3.96. The fourth-order valence-electron chi connectivity index (χ4n) is 2.75. The summed E-state index contributed by atoms with van der Waals surface area (Å²) in [4.78, 5) is 22.3. The van der Waals surface area contributed by atoms with E-state index in [1.54, 1.807) is 0 Å². The number of nitro benzene ring substituents is 1. The zero-order valence-electron chi connectivity index (χ0n) is 14.2. The molecule has 26 heavy (non-hydrogen) atoms. The smallest absolute Gasteiger partial charge is 0.387 e. The molecule has 0 aliphatic heterocycles. The molecule has 0 atom stereocenters. The van der Waals surface area contributed by atoms with Crippen molar-refractivity contribution >= 4 is 17.7 Å². The molecule has 2 rings (SSSR count). The van der Waals surface area contributed by atoms with Gasteiger partial charge in [-0.3, -0.25) is 10.1 Å². The Morgan fingerprint density at radius 1 is 1.27 bits per heavy atom. The van der Waals surface area contributed by atoms with Gasteiger partial charge in [-0.15, -0.1) is 0 Å². The first-order valence-electron chi connectivity index (χ1n) is 8.10. The lowest BCUT2D eigenvalue weighted by Gasteiger charge is -2.20. The summed E-state index contributed by atoms with van der Waals surface area (Å²) in [5.74, 6) is -1.19. The van der Waals surface area contributed by atoms with E-state index in [1.165, 1.54) is 13.2 Å². The third kappa shape index (κ3) is 5.40. The molecule has 1 aliphatic carbocycles. The number of benzene rings is 1. The summed E-state index contributed by atoms with van der Waals surface area (Å²) in [6.45, 7) is -3.16. The van der Waals surface area contributed by atoms with Crippen molar-refractivity contribution in [2.24, 2.45) is 0 Å². The Bertz CT molecular complexity index is 686. The molecule has 1 saturated carbocycles. The van der Waals surface area contributed by atoms with Crippen molar-refractivity contribution in [2.75, 3.05) is 7.11 Å². The van der Waals surface area contributed by atoms with Crippen LogP contribution in [0.1, 0.15) is 37.7 Å². The zero-order valence-corrected chi connectivity index (χ0v) is 14.2. The van der Waals surface area contributed by atoms with E-state index in [0.29, 0.717) is 0 Å². The standard InChI is InChI=1S/C17H19F2NO6/c1-24-14-9-11(13(20(22)23)10-15(14)26-17(18)19)7-8-16(21)25-12-5-3-2-4-6-12/h7-10,12,17H,2-6H2,1H3/b8-7+. The van der Waals surface area contributed by atoms with E-state index in [-0.39, 0.29) is 17.4 Å². The number of methoxy groups -OCH3 is 1. The van der Waals surface area contributed by atoms with E-state index in [4.69, 9.17) is 9.47 Å². The first kappa shape index (κ1) is 19.6. The second kappa shape index (κ2) is 9.12. The molecule has 7 nitrogen and oxygen atoms in total. The quantitative estimate of drug-likeness (QED) is 0.310. The molecule has 0 N–H and O–H groups in total. The predicted octanol–water partition coefficient (Wildman–Crippen LogP) is 4.09. The number of nitrogens with zero attached hydrogens (tertiary/aromatic N) is 1. The monoisotopic (exact) mass is 371 g/mol. The number of carbonyl (C=O) groups excluding carboxylic acids is 1. The van der Waals surface area contributed by atoms with E-state index >= 15 is 0 Å². The topological polar surface area (TPSA) is 87.9 Å². The van der Waals surface area contributed by atoms with Gasteiger partial charge in [0.05, 0.1) is 23.7 Å². The van der Waals surface area contributed by atoms with Gasteiger partial charge in [-0.2, -0.15) is 8.78 Å². The van der Waals surface area contributed by atoms with Crippen LogP contribution in [0, 0.1) is 10.1 Å². The normalized spacial score (nSPS) is 15.2. The summed E-state index contributed by atoms with van der Waals surface area (Å²) in [6.07, 6.45) is 6.82. The second-order valence-corrected chi connectivity index (χ2v) is 5.73.